The van der Waals surface area contributed by atoms with E-state index in [1.54, 1.807) is 6.07 Å². The van der Waals surface area contributed by atoms with Crippen LogP contribution in [0, 0.1) is 11.3 Å². The molecule has 0 aliphatic heterocycles. The van der Waals surface area contributed by atoms with E-state index in [0.717, 1.165) is 6.20 Å². The zero-order chi connectivity index (χ0) is 10.7. The molecule has 0 atom stereocenters. The molecule has 1 heterocycles. The van der Waals surface area contributed by atoms with Crippen molar-refractivity contribution in [2.24, 2.45) is 0 Å². The third kappa shape index (κ3) is 2.02. The maximum Gasteiger partial charge on any atom is 0.265 e. The van der Waals surface area contributed by atoms with Crippen LogP contribution in [0.1, 0.15) is 23.2 Å². The molecule has 0 fully saturated rings. The van der Waals surface area contributed by atoms with Crippen LogP contribution >= 0.6 is 27.5 Å². The largest absolute Gasteiger partial charge is 0.265 e. The van der Waals surface area contributed by atoms with Crippen LogP contribution in [0.4, 0.5) is 8.78 Å². The molecule has 0 radical (unpaired) electrons. The van der Waals surface area contributed by atoms with E-state index < -0.39 is 6.43 Å². The molecule has 0 aromatic carbocycles. The van der Waals surface area contributed by atoms with Gasteiger partial charge in [0.25, 0.3) is 6.43 Å². The fraction of sp³-hybridized carbons (Fsp3) is 0.250. The van der Waals surface area contributed by atoms with Gasteiger partial charge in [0.05, 0.1) is 4.47 Å². The molecule has 0 spiro atoms. The van der Waals surface area contributed by atoms with Gasteiger partial charge in [-0.3, -0.25) is 0 Å². The van der Waals surface area contributed by atoms with Crippen LogP contribution in [-0.2, 0) is 5.88 Å². The summed E-state index contributed by atoms with van der Waals surface area (Å²) < 4.78 is 25.1. The van der Waals surface area contributed by atoms with Crippen LogP contribution in [0.3, 0.4) is 0 Å². The third-order valence-electron chi connectivity index (χ3n) is 1.63. The molecule has 1 aromatic heterocycles. The number of hydrogen-bond donors (Lipinski definition) is 0. The summed E-state index contributed by atoms with van der Waals surface area (Å²) in [6.45, 7) is 0. The topological polar surface area (TPSA) is 36.7 Å². The highest BCUT2D eigenvalue weighted by molar-refractivity contribution is 9.10. The van der Waals surface area contributed by atoms with Gasteiger partial charge in [-0.2, -0.15) is 5.26 Å². The normalized spacial score (nSPS) is 10.3. The summed E-state index contributed by atoms with van der Waals surface area (Å²) in [4.78, 5) is 3.58. The van der Waals surface area contributed by atoms with E-state index in [1.165, 1.54) is 0 Å². The molecule has 0 amide bonds. The molecular formula is C8H4BrClF2N2. The Morgan fingerprint density at radius 2 is 2.29 bits per heavy atom. The van der Waals surface area contributed by atoms with Gasteiger partial charge < -0.3 is 0 Å². The summed E-state index contributed by atoms with van der Waals surface area (Å²) in [5.41, 5.74) is 0.0316. The summed E-state index contributed by atoms with van der Waals surface area (Å²) >= 11 is 8.53. The van der Waals surface area contributed by atoms with E-state index >= 15 is 0 Å². The lowest BCUT2D eigenvalue weighted by Gasteiger charge is -2.08. The second-order valence-corrected chi connectivity index (χ2v) is 3.46. The second kappa shape index (κ2) is 4.67. The molecule has 1 aromatic rings. The molecule has 0 saturated heterocycles. The van der Waals surface area contributed by atoms with Crippen molar-refractivity contribution in [2.75, 3.05) is 0 Å². The smallest absolute Gasteiger partial charge is 0.244 e. The van der Waals surface area contributed by atoms with Crippen molar-refractivity contribution >= 4 is 27.5 Å². The maximum absolute atomic E-state index is 12.4. The molecule has 2 nitrogen and oxygen atoms in total. The van der Waals surface area contributed by atoms with Gasteiger partial charge in [0, 0.05) is 17.6 Å². The highest BCUT2D eigenvalue weighted by Crippen LogP contribution is 2.30. The van der Waals surface area contributed by atoms with Gasteiger partial charge >= 0.3 is 0 Å². The minimum Gasteiger partial charge on any atom is -0.244 e. The number of aromatic nitrogens is 1. The average molecular weight is 281 g/mol. The number of nitriles is 1. The van der Waals surface area contributed by atoms with Gasteiger partial charge in [-0.25, -0.2) is 13.8 Å². The van der Waals surface area contributed by atoms with Gasteiger partial charge in [-0.1, -0.05) is 0 Å². The monoisotopic (exact) mass is 280 g/mol. The Labute approximate surface area is 92.6 Å². The standard InChI is InChI=1S/C8H4BrClF2N2/c9-7-4(1-10)5(8(11)12)3-14-6(7)2-13/h3,8H,1H2. The van der Waals surface area contributed by atoms with Gasteiger partial charge in [0.15, 0.2) is 5.69 Å². The predicted molar refractivity (Wildman–Crippen MR) is 51.2 cm³/mol. The average Bonchev–Trinajstić information content (AvgIpc) is 2.17. The summed E-state index contributed by atoms with van der Waals surface area (Å²) in [7, 11) is 0. The number of hydrogen-bond acceptors (Lipinski definition) is 2. The van der Waals surface area contributed by atoms with Crippen molar-refractivity contribution in [3.05, 3.63) is 27.5 Å². The lowest BCUT2D eigenvalue weighted by atomic mass is 10.1. The molecule has 0 aliphatic rings. The van der Waals surface area contributed by atoms with Crippen LogP contribution in [0.2, 0.25) is 0 Å². The maximum atomic E-state index is 12.4. The lowest BCUT2D eigenvalue weighted by molar-refractivity contribution is 0.150. The molecular weight excluding hydrogens is 277 g/mol. The Kier molecular flexibility index (Phi) is 3.78. The highest BCUT2D eigenvalue weighted by Gasteiger charge is 2.18. The van der Waals surface area contributed by atoms with E-state index in [0.29, 0.717) is 0 Å². The Bertz CT molecular complexity index is 390. The van der Waals surface area contributed by atoms with E-state index in [4.69, 9.17) is 16.9 Å². The number of nitrogens with zero attached hydrogens (tertiary/aromatic N) is 2. The quantitative estimate of drug-likeness (QED) is 0.779. The lowest BCUT2D eigenvalue weighted by Crippen LogP contribution is -1.98. The van der Waals surface area contributed by atoms with Crippen molar-refractivity contribution in [3.8, 4) is 6.07 Å². The summed E-state index contributed by atoms with van der Waals surface area (Å²) in [6.07, 6.45) is -1.66. The zero-order valence-electron chi connectivity index (χ0n) is 6.77. The number of pyridine rings is 1. The van der Waals surface area contributed by atoms with Crippen molar-refractivity contribution in [1.29, 1.82) is 5.26 Å². The molecule has 0 bridgehead atoms. The zero-order valence-corrected chi connectivity index (χ0v) is 9.11. The molecule has 0 unspecified atom stereocenters. The molecule has 74 valence electrons. The van der Waals surface area contributed by atoms with E-state index in [1.807, 2.05) is 0 Å². The van der Waals surface area contributed by atoms with Gasteiger partial charge in [-0.05, 0) is 21.5 Å². The van der Waals surface area contributed by atoms with Crippen LogP contribution in [0.15, 0.2) is 10.7 Å². The van der Waals surface area contributed by atoms with Crippen LogP contribution in [-0.4, -0.2) is 4.98 Å². The molecule has 0 aliphatic carbocycles. The Morgan fingerprint density at radius 3 is 2.71 bits per heavy atom. The summed E-state index contributed by atoms with van der Waals surface area (Å²) in [6, 6.07) is 1.77. The number of halogens is 4. The summed E-state index contributed by atoms with van der Waals surface area (Å²) in [5, 5.41) is 8.59. The first-order valence-electron chi connectivity index (χ1n) is 3.53. The number of rotatable bonds is 2. The second-order valence-electron chi connectivity index (χ2n) is 2.40. The third-order valence-corrected chi connectivity index (χ3v) is 2.75. The molecule has 0 N–H and O–H groups in total. The van der Waals surface area contributed by atoms with Crippen LogP contribution in [0.25, 0.3) is 0 Å². The van der Waals surface area contributed by atoms with Crippen LogP contribution in [0.5, 0.6) is 0 Å². The van der Waals surface area contributed by atoms with E-state index in [2.05, 4.69) is 20.9 Å². The first-order chi connectivity index (χ1) is 6.61. The Morgan fingerprint density at radius 1 is 1.64 bits per heavy atom. The summed E-state index contributed by atoms with van der Waals surface area (Å²) in [5.74, 6) is -0.0859. The first kappa shape index (κ1) is 11.3. The van der Waals surface area contributed by atoms with E-state index in [9.17, 15) is 8.78 Å². The highest BCUT2D eigenvalue weighted by atomic mass is 79.9. The molecule has 14 heavy (non-hydrogen) atoms. The fourth-order valence-corrected chi connectivity index (χ4v) is 1.95. The van der Waals surface area contributed by atoms with Gasteiger partial charge in [0.1, 0.15) is 6.07 Å². The van der Waals surface area contributed by atoms with Crippen molar-refractivity contribution in [1.82, 2.24) is 4.98 Å². The molecule has 6 heteroatoms. The predicted octanol–water partition coefficient (Wildman–Crippen LogP) is 3.39. The Balaban J connectivity index is 3.38. The molecule has 1 rings (SSSR count). The van der Waals surface area contributed by atoms with Gasteiger partial charge in [0.2, 0.25) is 0 Å². The van der Waals surface area contributed by atoms with E-state index in [-0.39, 0.29) is 27.2 Å². The minimum absolute atomic E-state index is 0.0602. The fourth-order valence-electron chi connectivity index (χ4n) is 0.940. The van der Waals surface area contributed by atoms with Crippen molar-refractivity contribution < 1.29 is 8.78 Å². The van der Waals surface area contributed by atoms with Crippen LogP contribution < -0.4 is 0 Å². The first-order valence-corrected chi connectivity index (χ1v) is 4.86. The Hall–Kier alpha value is -0.730. The minimum atomic E-state index is -2.64. The SMILES string of the molecule is N#Cc1ncc(C(F)F)c(CCl)c1Br. The van der Waals surface area contributed by atoms with Gasteiger partial charge in [-0.15, -0.1) is 11.6 Å². The van der Waals surface area contributed by atoms with Crippen molar-refractivity contribution in [2.45, 2.75) is 12.3 Å². The number of alkyl halides is 3. The molecule has 0 saturated carbocycles. The van der Waals surface area contributed by atoms with Crippen molar-refractivity contribution in [3.63, 3.8) is 0 Å².